The fraction of sp³-hybridized carbons (Fsp3) is 0.471. The van der Waals surface area contributed by atoms with E-state index in [1.807, 2.05) is 12.2 Å². The van der Waals surface area contributed by atoms with Gasteiger partial charge in [-0.15, -0.1) is 0 Å². The Bertz CT molecular complexity index is 665. The molecule has 0 heterocycles. The number of amides is 3. The first-order valence-corrected chi connectivity index (χ1v) is 8.54. The lowest BCUT2D eigenvalue weighted by Crippen LogP contribution is -2.43. The lowest BCUT2D eigenvalue weighted by atomic mass is 10.2. The van der Waals surface area contributed by atoms with E-state index in [1.165, 1.54) is 26.1 Å². The predicted octanol–water partition coefficient (Wildman–Crippen LogP) is 2.53. The molecule has 0 unspecified atom stereocenters. The van der Waals surface area contributed by atoms with Crippen LogP contribution in [0.2, 0.25) is 5.02 Å². The van der Waals surface area contributed by atoms with Crippen LogP contribution in [0, 0.1) is 0 Å². The molecule has 8 nitrogen and oxygen atoms in total. The molecule has 9 heteroatoms. The first-order chi connectivity index (χ1) is 12.3. The van der Waals surface area contributed by atoms with E-state index in [0.29, 0.717) is 24.7 Å². The van der Waals surface area contributed by atoms with E-state index >= 15 is 0 Å². The second-order valence-corrected chi connectivity index (χ2v) is 5.59. The highest BCUT2D eigenvalue weighted by molar-refractivity contribution is 6.32. The van der Waals surface area contributed by atoms with Gasteiger partial charge in [0.05, 0.1) is 23.8 Å². The van der Waals surface area contributed by atoms with Crippen LogP contribution in [0.15, 0.2) is 12.1 Å². The SMILES string of the molecule is CCCOc1c(Cl)cc(C(=O)O[C@@H](C)C(=O)NC(=O)NC)cc1OCC. The number of ether oxygens (including phenoxy) is 3. The monoisotopic (exact) mass is 386 g/mol. The lowest BCUT2D eigenvalue weighted by Gasteiger charge is -2.16. The van der Waals surface area contributed by atoms with Crippen LogP contribution < -0.4 is 20.1 Å². The Morgan fingerprint density at radius 1 is 1.19 bits per heavy atom. The number of nitrogens with one attached hydrogen (secondary N) is 2. The number of halogens is 1. The molecule has 0 aromatic heterocycles. The molecule has 1 atom stereocenters. The normalized spacial score (nSPS) is 11.3. The maximum absolute atomic E-state index is 12.3. The van der Waals surface area contributed by atoms with Crippen LogP contribution in [0.1, 0.15) is 37.6 Å². The molecule has 1 aromatic carbocycles. The van der Waals surface area contributed by atoms with Gasteiger partial charge < -0.3 is 19.5 Å². The van der Waals surface area contributed by atoms with Gasteiger partial charge in [-0.05, 0) is 32.4 Å². The number of urea groups is 1. The fourth-order valence-electron chi connectivity index (χ4n) is 1.85. The summed E-state index contributed by atoms with van der Waals surface area (Å²) in [7, 11) is 1.36. The third-order valence-corrected chi connectivity index (χ3v) is 3.39. The Morgan fingerprint density at radius 3 is 2.46 bits per heavy atom. The summed E-state index contributed by atoms with van der Waals surface area (Å²) in [4.78, 5) is 35.2. The number of rotatable bonds is 8. The second kappa shape index (κ2) is 10.5. The summed E-state index contributed by atoms with van der Waals surface area (Å²) in [6, 6.07) is 2.12. The standard InChI is InChI=1S/C17H23ClN2O6/c1-5-7-25-14-12(18)8-11(9-13(14)24-6-2)16(22)26-10(3)15(21)20-17(23)19-4/h8-10H,5-7H2,1-4H3,(H2,19,20,21,23)/t10-/m0/s1. The third kappa shape index (κ3) is 6.11. The summed E-state index contributed by atoms with van der Waals surface area (Å²) in [5.41, 5.74) is 0.0990. The quantitative estimate of drug-likeness (QED) is 0.665. The van der Waals surface area contributed by atoms with Gasteiger partial charge in [0.25, 0.3) is 5.91 Å². The van der Waals surface area contributed by atoms with Gasteiger partial charge in [-0.25, -0.2) is 9.59 Å². The number of esters is 1. The van der Waals surface area contributed by atoms with Crippen molar-refractivity contribution in [3.8, 4) is 11.5 Å². The van der Waals surface area contributed by atoms with Gasteiger partial charge >= 0.3 is 12.0 Å². The molecule has 1 aromatic rings. The minimum absolute atomic E-state index is 0.0990. The van der Waals surface area contributed by atoms with Gasteiger partial charge in [-0.3, -0.25) is 10.1 Å². The van der Waals surface area contributed by atoms with Crippen LogP contribution in [0.3, 0.4) is 0 Å². The van der Waals surface area contributed by atoms with E-state index in [2.05, 4.69) is 5.32 Å². The van der Waals surface area contributed by atoms with Crippen LogP contribution in [-0.4, -0.2) is 44.3 Å². The van der Waals surface area contributed by atoms with E-state index in [9.17, 15) is 14.4 Å². The molecule has 2 N–H and O–H groups in total. The molecule has 0 spiro atoms. The van der Waals surface area contributed by atoms with Gasteiger partial charge in [-0.1, -0.05) is 18.5 Å². The Morgan fingerprint density at radius 2 is 1.88 bits per heavy atom. The number of carbonyl (C=O) groups excluding carboxylic acids is 3. The summed E-state index contributed by atoms with van der Waals surface area (Å²) in [5, 5.41) is 4.45. The zero-order valence-corrected chi connectivity index (χ0v) is 15.9. The van der Waals surface area contributed by atoms with Gasteiger partial charge in [0, 0.05) is 7.05 Å². The molecular weight excluding hydrogens is 364 g/mol. The zero-order valence-electron chi connectivity index (χ0n) is 15.2. The molecule has 0 fully saturated rings. The predicted molar refractivity (Wildman–Crippen MR) is 95.9 cm³/mol. The molecule has 0 saturated carbocycles. The van der Waals surface area contributed by atoms with E-state index in [0.717, 1.165) is 6.42 Å². The highest BCUT2D eigenvalue weighted by Crippen LogP contribution is 2.37. The number of carbonyl (C=O) groups is 3. The van der Waals surface area contributed by atoms with Gasteiger partial charge in [0.15, 0.2) is 17.6 Å². The van der Waals surface area contributed by atoms with Crippen molar-refractivity contribution in [3.63, 3.8) is 0 Å². The highest BCUT2D eigenvalue weighted by Gasteiger charge is 2.23. The Kier molecular flexibility index (Phi) is 8.71. The van der Waals surface area contributed by atoms with Crippen molar-refractivity contribution in [1.29, 1.82) is 0 Å². The van der Waals surface area contributed by atoms with E-state index in [-0.39, 0.29) is 10.6 Å². The highest BCUT2D eigenvalue weighted by atomic mass is 35.5. The number of hydrogen-bond acceptors (Lipinski definition) is 6. The Labute approximate surface area is 157 Å². The van der Waals surface area contributed by atoms with Crippen LogP contribution in [0.25, 0.3) is 0 Å². The Balaban J connectivity index is 2.94. The first kappa shape index (κ1) is 21.6. The number of imide groups is 1. The van der Waals surface area contributed by atoms with E-state index < -0.39 is 24.0 Å². The first-order valence-electron chi connectivity index (χ1n) is 8.16. The maximum atomic E-state index is 12.3. The molecule has 0 saturated heterocycles. The second-order valence-electron chi connectivity index (χ2n) is 5.18. The topological polar surface area (TPSA) is 103 Å². The molecule has 0 aliphatic carbocycles. The molecule has 3 amide bonds. The van der Waals surface area contributed by atoms with Crippen LogP contribution in [-0.2, 0) is 9.53 Å². The largest absolute Gasteiger partial charge is 0.490 e. The van der Waals surface area contributed by atoms with Crippen LogP contribution >= 0.6 is 11.6 Å². The summed E-state index contributed by atoms with van der Waals surface area (Å²) in [6.45, 7) is 5.88. The average molecular weight is 387 g/mol. The molecule has 144 valence electrons. The maximum Gasteiger partial charge on any atom is 0.339 e. The molecule has 1 rings (SSSR count). The number of hydrogen-bond donors (Lipinski definition) is 2. The molecule has 0 radical (unpaired) electrons. The van der Waals surface area contributed by atoms with Gasteiger partial charge in [0.1, 0.15) is 0 Å². The Hall–Kier alpha value is -2.48. The summed E-state index contributed by atoms with van der Waals surface area (Å²) < 4.78 is 16.1. The molecule has 26 heavy (non-hydrogen) atoms. The third-order valence-electron chi connectivity index (χ3n) is 3.11. The molecule has 0 bridgehead atoms. The van der Waals surface area contributed by atoms with Crippen LogP contribution in [0.4, 0.5) is 4.79 Å². The fourth-order valence-corrected chi connectivity index (χ4v) is 2.12. The molecular formula is C17H23ClN2O6. The van der Waals surface area contributed by atoms with Crippen molar-refractivity contribution in [3.05, 3.63) is 22.7 Å². The van der Waals surface area contributed by atoms with Crippen molar-refractivity contribution >= 4 is 29.5 Å². The van der Waals surface area contributed by atoms with Crippen molar-refractivity contribution < 1.29 is 28.6 Å². The van der Waals surface area contributed by atoms with Crippen molar-refractivity contribution in [2.75, 3.05) is 20.3 Å². The minimum Gasteiger partial charge on any atom is -0.490 e. The van der Waals surface area contributed by atoms with Crippen molar-refractivity contribution in [2.24, 2.45) is 0 Å². The minimum atomic E-state index is -1.18. The zero-order chi connectivity index (χ0) is 19.7. The van der Waals surface area contributed by atoms with Gasteiger partial charge in [0.2, 0.25) is 0 Å². The average Bonchev–Trinajstić information content (AvgIpc) is 2.60. The lowest BCUT2D eigenvalue weighted by molar-refractivity contribution is -0.127. The van der Waals surface area contributed by atoms with E-state index in [4.69, 9.17) is 25.8 Å². The van der Waals surface area contributed by atoms with Crippen LogP contribution in [0.5, 0.6) is 11.5 Å². The van der Waals surface area contributed by atoms with E-state index in [1.54, 1.807) is 6.92 Å². The smallest absolute Gasteiger partial charge is 0.339 e. The molecule has 0 aliphatic heterocycles. The summed E-state index contributed by atoms with van der Waals surface area (Å²) in [6.07, 6.45) is -0.394. The van der Waals surface area contributed by atoms with Crippen molar-refractivity contribution in [2.45, 2.75) is 33.3 Å². The van der Waals surface area contributed by atoms with Gasteiger partial charge in [-0.2, -0.15) is 0 Å². The molecule has 0 aliphatic rings. The summed E-state index contributed by atoms with van der Waals surface area (Å²) >= 11 is 6.19. The summed E-state index contributed by atoms with van der Waals surface area (Å²) in [5.74, 6) is -0.883. The number of benzene rings is 1. The van der Waals surface area contributed by atoms with Crippen molar-refractivity contribution in [1.82, 2.24) is 10.6 Å².